The highest BCUT2D eigenvalue weighted by molar-refractivity contribution is 7.09. The molecule has 4 nitrogen and oxygen atoms in total. The lowest BCUT2D eigenvalue weighted by atomic mass is 9.89. The van der Waals surface area contributed by atoms with Crippen LogP contribution >= 0.6 is 11.3 Å². The van der Waals surface area contributed by atoms with E-state index >= 15 is 0 Å². The van der Waals surface area contributed by atoms with Crippen LogP contribution < -0.4 is 0 Å². The first-order valence-corrected chi connectivity index (χ1v) is 6.50. The zero-order chi connectivity index (χ0) is 11.1. The standard InChI is InChI=1S/C11H14N2O2S/c14-11(15)8-5-7-1-2-9(8)13(7)6-10-12-3-4-16-10/h3-4,7-9H,1-2,5-6H2,(H,14,15). The van der Waals surface area contributed by atoms with Gasteiger partial charge in [0.25, 0.3) is 0 Å². The molecule has 2 fully saturated rings. The van der Waals surface area contributed by atoms with Gasteiger partial charge in [-0.3, -0.25) is 9.69 Å². The predicted octanol–water partition coefficient (Wildman–Crippen LogP) is 1.58. The van der Waals surface area contributed by atoms with E-state index in [4.69, 9.17) is 5.11 Å². The second-order valence-electron chi connectivity index (χ2n) is 4.58. The molecule has 16 heavy (non-hydrogen) atoms. The molecule has 2 saturated heterocycles. The predicted molar refractivity (Wildman–Crippen MR) is 60.2 cm³/mol. The SMILES string of the molecule is O=C(O)C1CC2CCC1N2Cc1nccs1. The molecule has 2 bridgehead atoms. The van der Waals surface area contributed by atoms with Gasteiger partial charge in [0, 0.05) is 23.7 Å². The molecule has 1 aromatic rings. The van der Waals surface area contributed by atoms with Gasteiger partial charge in [-0.15, -0.1) is 11.3 Å². The quantitative estimate of drug-likeness (QED) is 0.868. The van der Waals surface area contributed by atoms with Crippen LogP contribution in [0.2, 0.25) is 0 Å². The van der Waals surface area contributed by atoms with E-state index in [1.807, 2.05) is 11.6 Å². The van der Waals surface area contributed by atoms with E-state index in [1.54, 1.807) is 11.3 Å². The fourth-order valence-corrected chi connectivity index (χ4v) is 3.72. The summed E-state index contributed by atoms with van der Waals surface area (Å²) in [6.45, 7) is 0.830. The summed E-state index contributed by atoms with van der Waals surface area (Å²) in [4.78, 5) is 17.7. The molecule has 0 radical (unpaired) electrons. The zero-order valence-electron chi connectivity index (χ0n) is 8.87. The molecule has 0 amide bonds. The van der Waals surface area contributed by atoms with Crippen LogP contribution in [0.4, 0.5) is 0 Å². The summed E-state index contributed by atoms with van der Waals surface area (Å²) in [6, 6.07) is 0.710. The first-order valence-electron chi connectivity index (χ1n) is 5.62. The lowest BCUT2D eigenvalue weighted by molar-refractivity contribution is -0.142. The smallest absolute Gasteiger partial charge is 0.308 e. The van der Waals surface area contributed by atoms with E-state index in [0.717, 1.165) is 30.8 Å². The number of rotatable bonds is 3. The summed E-state index contributed by atoms with van der Waals surface area (Å²) < 4.78 is 0. The summed E-state index contributed by atoms with van der Waals surface area (Å²) in [5.74, 6) is -0.782. The van der Waals surface area contributed by atoms with Crippen LogP contribution in [0.25, 0.3) is 0 Å². The minimum absolute atomic E-state index is 0.154. The Morgan fingerprint density at radius 2 is 2.50 bits per heavy atom. The monoisotopic (exact) mass is 238 g/mol. The van der Waals surface area contributed by atoms with Crippen LogP contribution in [0.15, 0.2) is 11.6 Å². The number of thiazole rings is 1. The van der Waals surface area contributed by atoms with Gasteiger partial charge in [-0.25, -0.2) is 4.98 Å². The maximum absolute atomic E-state index is 11.1. The van der Waals surface area contributed by atoms with E-state index in [-0.39, 0.29) is 12.0 Å². The molecular formula is C11H14N2O2S. The van der Waals surface area contributed by atoms with Gasteiger partial charge in [-0.2, -0.15) is 0 Å². The second kappa shape index (κ2) is 3.82. The Labute approximate surface area is 97.9 Å². The van der Waals surface area contributed by atoms with Gasteiger partial charge < -0.3 is 5.11 Å². The number of nitrogens with zero attached hydrogens (tertiary/aromatic N) is 2. The van der Waals surface area contributed by atoms with Crippen molar-refractivity contribution in [1.82, 2.24) is 9.88 Å². The Kier molecular flexibility index (Phi) is 2.44. The molecule has 0 aliphatic carbocycles. The molecule has 3 unspecified atom stereocenters. The van der Waals surface area contributed by atoms with Gasteiger partial charge in [0.1, 0.15) is 5.01 Å². The number of carbonyl (C=O) groups is 1. The molecule has 3 rings (SSSR count). The number of fused-ring (bicyclic) bond motifs is 2. The fraction of sp³-hybridized carbons (Fsp3) is 0.636. The van der Waals surface area contributed by atoms with Crippen molar-refractivity contribution in [3.05, 3.63) is 16.6 Å². The number of carboxylic acids is 1. The number of hydrogen-bond donors (Lipinski definition) is 1. The van der Waals surface area contributed by atoms with Gasteiger partial charge in [0.05, 0.1) is 12.5 Å². The molecule has 86 valence electrons. The highest BCUT2D eigenvalue weighted by Crippen LogP contribution is 2.42. The average Bonchev–Trinajstić information content (AvgIpc) is 2.96. The number of aliphatic carboxylic acids is 1. The van der Waals surface area contributed by atoms with Crippen LogP contribution in [-0.2, 0) is 11.3 Å². The highest BCUT2D eigenvalue weighted by Gasteiger charge is 2.49. The topological polar surface area (TPSA) is 53.4 Å². The first-order chi connectivity index (χ1) is 7.75. The summed E-state index contributed by atoms with van der Waals surface area (Å²) >= 11 is 1.65. The van der Waals surface area contributed by atoms with Crippen molar-refractivity contribution in [3.63, 3.8) is 0 Å². The molecule has 3 atom stereocenters. The van der Waals surface area contributed by atoms with Crippen LogP contribution in [0, 0.1) is 5.92 Å². The molecule has 0 saturated carbocycles. The van der Waals surface area contributed by atoms with E-state index in [1.165, 1.54) is 0 Å². The fourth-order valence-electron chi connectivity index (χ4n) is 3.10. The normalized spacial score (nSPS) is 33.4. The van der Waals surface area contributed by atoms with Crippen LogP contribution in [0.5, 0.6) is 0 Å². The van der Waals surface area contributed by atoms with Crippen LogP contribution in [0.1, 0.15) is 24.3 Å². The molecular weight excluding hydrogens is 224 g/mol. The van der Waals surface area contributed by atoms with Crippen molar-refractivity contribution in [1.29, 1.82) is 0 Å². The van der Waals surface area contributed by atoms with Crippen molar-refractivity contribution in [2.75, 3.05) is 0 Å². The maximum atomic E-state index is 11.1. The molecule has 2 aliphatic rings. The first kappa shape index (κ1) is 10.2. The summed E-state index contributed by atoms with van der Waals surface area (Å²) in [5.41, 5.74) is 0. The highest BCUT2D eigenvalue weighted by atomic mass is 32.1. The van der Waals surface area contributed by atoms with Gasteiger partial charge in [-0.1, -0.05) is 0 Å². The summed E-state index contributed by atoms with van der Waals surface area (Å²) in [5, 5.41) is 12.2. The van der Waals surface area contributed by atoms with Crippen molar-refractivity contribution in [3.8, 4) is 0 Å². The Hall–Kier alpha value is -0.940. The Morgan fingerprint density at radius 3 is 3.12 bits per heavy atom. The van der Waals surface area contributed by atoms with Gasteiger partial charge in [-0.05, 0) is 19.3 Å². The zero-order valence-corrected chi connectivity index (χ0v) is 9.69. The van der Waals surface area contributed by atoms with E-state index in [9.17, 15) is 4.79 Å². The summed E-state index contributed by atoms with van der Waals surface area (Å²) in [6.07, 6.45) is 4.82. The Bertz CT molecular complexity index is 393. The van der Waals surface area contributed by atoms with Gasteiger partial charge >= 0.3 is 5.97 Å². The summed E-state index contributed by atoms with van der Waals surface area (Å²) in [7, 11) is 0. The lowest BCUT2D eigenvalue weighted by Gasteiger charge is -2.21. The number of carboxylic acid groups (broad SMARTS) is 1. The molecule has 0 aromatic carbocycles. The van der Waals surface area contributed by atoms with E-state index < -0.39 is 5.97 Å². The minimum atomic E-state index is -0.628. The number of aromatic nitrogens is 1. The largest absolute Gasteiger partial charge is 0.481 e. The molecule has 0 spiro atoms. The molecule has 1 aromatic heterocycles. The third-order valence-electron chi connectivity index (χ3n) is 3.80. The van der Waals surface area contributed by atoms with Crippen molar-refractivity contribution >= 4 is 17.3 Å². The van der Waals surface area contributed by atoms with E-state index in [0.29, 0.717) is 6.04 Å². The molecule has 2 aliphatic heterocycles. The number of hydrogen-bond acceptors (Lipinski definition) is 4. The van der Waals surface area contributed by atoms with Gasteiger partial charge in [0.15, 0.2) is 0 Å². The van der Waals surface area contributed by atoms with Crippen molar-refractivity contribution in [2.45, 2.75) is 37.9 Å². The second-order valence-corrected chi connectivity index (χ2v) is 5.56. The third kappa shape index (κ3) is 1.55. The molecule has 3 heterocycles. The lowest BCUT2D eigenvalue weighted by Crippen LogP contribution is -2.32. The minimum Gasteiger partial charge on any atom is -0.481 e. The van der Waals surface area contributed by atoms with Crippen molar-refractivity contribution in [2.24, 2.45) is 5.92 Å². The molecule has 5 heteroatoms. The Balaban J connectivity index is 1.75. The van der Waals surface area contributed by atoms with Crippen molar-refractivity contribution < 1.29 is 9.90 Å². The molecule has 1 N–H and O–H groups in total. The van der Waals surface area contributed by atoms with Gasteiger partial charge in [0.2, 0.25) is 0 Å². The Morgan fingerprint density at radius 1 is 1.62 bits per heavy atom. The van der Waals surface area contributed by atoms with Crippen LogP contribution in [0.3, 0.4) is 0 Å². The third-order valence-corrected chi connectivity index (χ3v) is 4.56. The maximum Gasteiger partial charge on any atom is 0.308 e. The van der Waals surface area contributed by atoms with E-state index in [2.05, 4.69) is 9.88 Å². The van der Waals surface area contributed by atoms with Crippen LogP contribution in [-0.4, -0.2) is 33.0 Å². The average molecular weight is 238 g/mol.